The van der Waals surface area contributed by atoms with Crippen molar-refractivity contribution < 1.29 is 9.59 Å². The smallest absolute Gasteiger partial charge is 0.246 e. The molecule has 0 saturated heterocycles. The number of rotatable bonds is 3. The van der Waals surface area contributed by atoms with Crippen molar-refractivity contribution in [2.45, 2.75) is 19.9 Å². The number of nitrogens with two attached hydrogens (primary N) is 1. The van der Waals surface area contributed by atoms with Crippen molar-refractivity contribution in [3.63, 3.8) is 0 Å². The zero-order chi connectivity index (χ0) is 12.6. The molecular formula is C12H15N3O2. The van der Waals surface area contributed by atoms with Crippen LogP contribution in [0.1, 0.15) is 22.7 Å². The Bertz CT molecular complexity index is 497. The Kier molecular flexibility index (Phi) is 2.85. The largest absolute Gasteiger partial charge is 0.369 e. The van der Waals surface area contributed by atoms with Crippen LogP contribution in [-0.4, -0.2) is 18.4 Å². The summed E-state index contributed by atoms with van der Waals surface area (Å²) in [6.45, 7) is 3.87. The van der Waals surface area contributed by atoms with Gasteiger partial charge in [0.05, 0.1) is 6.54 Å². The number of primary amides is 1. The van der Waals surface area contributed by atoms with Crippen molar-refractivity contribution in [2.75, 3.05) is 11.9 Å². The lowest BCUT2D eigenvalue weighted by Gasteiger charge is -2.12. The molecule has 0 bridgehead atoms. The molecule has 0 saturated carbocycles. The quantitative estimate of drug-likeness (QED) is 0.705. The lowest BCUT2D eigenvalue weighted by atomic mass is 9.99. The first kappa shape index (κ1) is 11.6. The highest BCUT2D eigenvalue weighted by molar-refractivity contribution is 6.04. The second-order valence-electron chi connectivity index (χ2n) is 4.26. The Morgan fingerprint density at radius 3 is 2.71 bits per heavy atom. The van der Waals surface area contributed by atoms with Crippen molar-refractivity contribution in [2.24, 2.45) is 5.73 Å². The summed E-state index contributed by atoms with van der Waals surface area (Å²) in [4.78, 5) is 22.6. The van der Waals surface area contributed by atoms with Crippen molar-refractivity contribution in [3.05, 3.63) is 28.8 Å². The normalized spacial score (nSPS) is 17.8. The molecule has 0 fully saturated rings. The van der Waals surface area contributed by atoms with Crippen molar-refractivity contribution >= 4 is 17.5 Å². The van der Waals surface area contributed by atoms with Crippen LogP contribution >= 0.6 is 0 Å². The molecule has 90 valence electrons. The van der Waals surface area contributed by atoms with E-state index >= 15 is 0 Å². The molecule has 1 aromatic rings. The number of hydrogen-bond donors (Lipinski definition) is 3. The van der Waals surface area contributed by atoms with E-state index in [1.165, 1.54) is 0 Å². The Labute approximate surface area is 99.4 Å². The molecule has 1 heterocycles. The van der Waals surface area contributed by atoms with Crippen LogP contribution in [0, 0.1) is 13.8 Å². The number of benzene rings is 1. The van der Waals surface area contributed by atoms with E-state index in [1.54, 1.807) is 0 Å². The Balaban J connectivity index is 2.36. The monoisotopic (exact) mass is 233 g/mol. The molecule has 1 atom stereocenters. The molecule has 5 heteroatoms. The third-order valence-electron chi connectivity index (χ3n) is 2.95. The van der Waals surface area contributed by atoms with Crippen LogP contribution < -0.4 is 16.4 Å². The van der Waals surface area contributed by atoms with Crippen LogP contribution in [0.3, 0.4) is 0 Å². The molecular weight excluding hydrogens is 218 g/mol. The summed E-state index contributed by atoms with van der Waals surface area (Å²) in [7, 11) is 0. The first-order valence-electron chi connectivity index (χ1n) is 5.43. The second-order valence-corrected chi connectivity index (χ2v) is 4.26. The highest BCUT2D eigenvalue weighted by atomic mass is 16.2. The molecule has 17 heavy (non-hydrogen) atoms. The standard InChI is InChI=1S/C12H15N3O2/c1-6-3-4-7(2)10-9(6)11(12(17)15-10)14-5-8(13)16/h3-4,11,14H,5H2,1-2H3,(H2,13,16)(H,15,17). The SMILES string of the molecule is Cc1ccc(C)c2c1NC(=O)C2NCC(N)=O. The van der Waals surface area contributed by atoms with Gasteiger partial charge in [-0.25, -0.2) is 0 Å². The number of hydrogen-bond acceptors (Lipinski definition) is 3. The Morgan fingerprint density at radius 1 is 1.41 bits per heavy atom. The molecule has 1 aromatic carbocycles. The third kappa shape index (κ3) is 2.01. The molecule has 1 aliphatic heterocycles. The van der Waals surface area contributed by atoms with Crippen LogP contribution in [0.25, 0.3) is 0 Å². The lowest BCUT2D eigenvalue weighted by Crippen LogP contribution is -2.35. The summed E-state index contributed by atoms with van der Waals surface area (Å²) < 4.78 is 0. The van der Waals surface area contributed by atoms with Gasteiger partial charge in [-0.1, -0.05) is 12.1 Å². The molecule has 4 N–H and O–H groups in total. The highest BCUT2D eigenvalue weighted by Crippen LogP contribution is 2.35. The summed E-state index contributed by atoms with van der Waals surface area (Å²) in [6.07, 6.45) is 0. The van der Waals surface area contributed by atoms with Gasteiger partial charge >= 0.3 is 0 Å². The van der Waals surface area contributed by atoms with Gasteiger partial charge in [0.25, 0.3) is 0 Å². The van der Waals surface area contributed by atoms with Gasteiger partial charge in [-0.15, -0.1) is 0 Å². The van der Waals surface area contributed by atoms with Crippen LogP contribution in [0.4, 0.5) is 5.69 Å². The molecule has 0 spiro atoms. The number of carbonyl (C=O) groups excluding carboxylic acids is 2. The predicted molar refractivity (Wildman–Crippen MR) is 64.5 cm³/mol. The van der Waals surface area contributed by atoms with E-state index in [4.69, 9.17) is 5.73 Å². The first-order valence-corrected chi connectivity index (χ1v) is 5.43. The van der Waals surface area contributed by atoms with E-state index in [0.717, 1.165) is 22.4 Å². The second kappa shape index (κ2) is 4.18. The number of nitrogens with one attached hydrogen (secondary N) is 2. The summed E-state index contributed by atoms with van der Waals surface area (Å²) in [5.74, 6) is -0.616. The summed E-state index contributed by atoms with van der Waals surface area (Å²) in [6, 6.07) is 3.44. The fourth-order valence-electron chi connectivity index (χ4n) is 2.09. The lowest BCUT2D eigenvalue weighted by molar-refractivity contribution is -0.119. The summed E-state index contributed by atoms with van der Waals surface area (Å²) >= 11 is 0. The maximum Gasteiger partial charge on any atom is 0.246 e. The van der Waals surface area contributed by atoms with Gasteiger partial charge in [0, 0.05) is 11.3 Å². The van der Waals surface area contributed by atoms with E-state index in [9.17, 15) is 9.59 Å². The van der Waals surface area contributed by atoms with Gasteiger partial charge in [-0.3, -0.25) is 14.9 Å². The topological polar surface area (TPSA) is 84.2 Å². The average molecular weight is 233 g/mol. The molecule has 0 aliphatic carbocycles. The Hall–Kier alpha value is -1.88. The summed E-state index contributed by atoms with van der Waals surface area (Å²) in [5.41, 5.74) is 8.86. The number of fused-ring (bicyclic) bond motifs is 1. The minimum atomic E-state index is -0.489. The van der Waals surface area contributed by atoms with E-state index in [1.807, 2.05) is 26.0 Å². The highest BCUT2D eigenvalue weighted by Gasteiger charge is 2.32. The molecule has 0 radical (unpaired) electrons. The van der Waals surface area contributed by atoms with Crippen LogP contribution in [-0.2, 0) is 9.59 Å². The third-order valence-corrected chi connectivity index (χ3v) is 2.95. The Morgan fingerprint density at radius 2 is 2.06 bits per heavy atom. The maximum absolute atomic E-state index is 11.8. The van der Waals surface area contributed by atoms with Gasteiger partial charge in [0.1, 0.15) is 6.04 Å². The van der Waals surface area contributed by atoms with E-state index < -0.39 is 11.9 Å². The maximum atomic E-state index is 11.8. The minimum absolute atomic E-state index is 0.00902. The van der Waals surface area contributed by atoms with Crippen LogP contribution in [0.5, 0.6) is 0 Å². The van der Waals surface area contributed by atoms with E-state index in [2.05, 4.69) is 10.6 Å². The van der Waals surface area contributed by atoms with E-state index in [-0.39, 0.29) is 12.5 Å². The van der Waals surface area contributed by atoms with Crippen molar-refractivity contribution in [3.8, 4) is 0 Å². The zero-order valence-electron chi connectivity index (χ0n) is 9.83. The summed E-state index contributed by atoms with van der Waals surface area (Å²) in [5, 5.41) is 5.70. The fraction of sp³-hybridized carbons (Fsp3) is 0.333. The van der Waals surface area contributed by atoms with Crippen molar-refractivity contribution in [1.29, 1.82) is 0 Å². The molecule has 0 aromatic heterocycles. The predicted octanol–water partition coefficient (Wildman–Crippen LogP) is 0.372. The zero-order valence-corrected chi connectivity index (χ0v) is 9.83. The number of aryl methyl sites for hydroxylation is 2. The van der Waals surface area contributed by atoms with Crippen molar-refractivity contribution in [1.82, 2.24) is 5.32 Å². The van der Waals surface area contributed by atoms with Gasteiger partial charge < -0.3 is 11.1 Å². The number of amides is 2. The van der Waals surface area contributed by atoms with E-state index in [0.29, 0.717) is 0 Å². The fourth-order valence-corrected chi connectivity index (χ4v) is 2.09. The molecule has 1 aliphatic rings. The van der Waals surface area contributed by atoms with Gasteiger partial charge in [-0.2, -0.15) is 0 Å². The molecule has 2 amide bonds. The van der Waals surface area contributed by atoms with Crippen LogP contribution in [0.15, 0.2) is 12.1 Å². The molecule has 1 unspecified atom stereocenters. The van der Waals surface area contributed by atoms with Crippen LogP contribution in [0.2, 0.25) is 0 Å². The van der Waals surface area contributed by atoms with Gasteiger partial charge in [-0.05, 0) is 25.0 Å². The molecule has 2 rings (SSSR count). The van der Waals surface area contributed by atoms with Gasteiger partial charge in [0.15, 0.2) is 0 Å². The minimum Gasteiger partial charge on any atom is -0.369 e. The first-order chi connectivity index (χ1) is 8.00. The molecule has 5 nitrogen and oxygen atoms in total. The number of carbonyl (C=O) groups is 2. The average Bonchev–Trinajstić information content (AvgIpc) is 2.59. The van der Waals surface area contributed by atoms with Gasteiger partial charge in [0.2, 0.25) is 11.8 Å². The number of anilines is 1.